The molecule has 0 radical (unpaired) electrons. The summed E-state index contributed by atoms with van der Waals surface area (Å²) in [6.07, 6.45) is 0.859. The number of fused-ring (bicyclic) bond motifs is 1. The van der Waals surface area contributed by atoms with Crippen LogP contribution in [0.3, 0.4) is 0 Å². The van der Waals surface area contributed by atoms with Gasteiger partial charge in [-0.25, -0.2) is 14.8 Å². The molecule has 1 aromatic heterocycles. The number of aromatic nitrogens is 2. The SMILES string of the molecule is CCc1cccc2nc(C(=O)O)c(C)nc12. The highest BCUT2D eigenvalue weighted by molar-refractivity contribution is 5.90. The average Bonchev–Trinajstić information content (AvgIpc) is 2.27. The van der Waals surface area contributed by atoms with Crippen molar-refractivity contribution in [2.45, 2.75) is 20.3 Å². The molecule has 0 spiro atoms. The highest BCUT2D eigenvalue weighted by atomic mass is 16.4. The number of aromatic carboxylic acids is 1. The first-order valence-electron chi connectivity index (χ1n) is 5.13. The van der Waals surface area contributed by atoms with Gasteiger partial charge < -0.3 is 5.11 Å². The number of carbonyl (C=O) groups is 1. The summed E-state index contributed by atoms with van der Waals surface area (Å²) in [5.74, 6) is -1.03. The third-order valence-electron chi connectivity index (χ3n) is 2.54. The number of carboxylic acids is 1. The van der Waals surface area contributed by atoms with Crippen LogP contribution in [0.15, 0.2) is 18.2 Å². The summed E-state index contributed by atoms with van der Waals surface area (Å²) in [4.78, 5) is 19.4. The van der Waals surface area contributed by atoms with E-state index in [1.54, 1.807) is 13.0 Å². The van der Waals surface area contributed by atoms with E-state index < -0.39 is 5.97 Å². The monoisotopic (exact) mass is 216 g/mol. The second-order valence-electron chi connectivity index (χ2n) is 3.60. The van der Waals surface area contributed by atoms with Crippen molar-refractivity contribution in [2.24, 2.45) is 0 Å². The molecule has 1 heterocycles. The molecule has 0 fully saturated rings. The maximum atomic E-state index is 10.9. The predicted molar refractivity (Wildman–Crippen MR) is 60.6 cm³/mol. The van der Waals surface area contributed by atoms with Crippen LogP contribution in [0.25, 0.3) is 11.0 Å². The van der Waals surface area contributed by atoms with Crippen molar-refractivity contribution < 1.29 is 9.90 Å². The maximum absolute atomic E-state index is 10.9. The molecule has 4 nitrogen and oxygen atoms in total. The summed E-state index contributed by atoms with van der Waals surface area (Å²) in [5.41, 5.74) is 3.02. The fraction of sp³-hybridized carbons (Fsp3) is 0.250. The number of aryl methyl sites for hydroxylation is 2. The Hall–Kier alpha value is -1.97. The maximum Gasteiger partial charge on any atom is 0.356 e. The molecule has 0 aliphatic heterocycles. The molecule has 0 atom stereocenters. The van der Waals surface area contributed by atoms with E-state index in [1.807, 2.05) is 19.1 Å². The van der Waals surface area contributed by atoms with Gasteiger partial charge in [0.2, 0.25) is 0 Å². The lowest BCUT2D eigenvalue weighted by atomic mass is 10.1. The Kier molecular flexibility index (Phi) is 2.56. The molecule has 0 unspecified atom stereocenters. The summed E-state index contributed by atoms with van der Waals surface area (Å²) < 4.78 is 0. The Morgan fingerprint density at radius 1 is 1.38 bits per heavy atom. The molecule has 0 saturated carbocycles. The Morgan fingerprint density at radius 2 is 2.12 bits per heavy atom. The smallest absolute Gasteiger partial charge is 0.356 e. The molecule has 0 saturated heterocycles. The fourth-order valence-corrected chi connectivity index (χ4v) is 1.71. The van der Waals surface area contributed by atoms with Crippen molar-refractivity contribution in [1.29, 1.82) is 0 Å². The molecule has 1 N–H and O–H groups in total. The number of hydrogen-bond acceptors (Lipinski definition) is 3. The first-order valence-corrected chi connectivity index (χ1v) is 5.13. The van der Waals surface area contributed by atoms with Gasteiger partial charge in [0.1, 0.15) is 0 Å². The van der Waals surface area contributed by atoms with Gasteiger partial charge in [-0.3, -0.25) is 0 Å². The molecule has 0 bridgehead atoms. The van der Waals surface area contributed by atoms with Crippen LogP contribution in [0.5, 0.6) is 0 Å². The molecule has 2 rings (SSSR count). The van der Waals surface area contributed by atoms with Crippen LogP contribution in [0.4, 0.5) is 0 Å². The summed E-state index contributed by atoms with van der Waals surface area (Å²) in [6.45, 7) is 3.71. The highest BCUT2D eigenvalue weighted by Gasteiger charge is 2.12. The number of para-hydroxylation sites is 1. The minimum Gasteiger partial charge on any atom is -0.476 e. The number of benzene rings is 1. The van der Waals surface area contributed by atoms with Crippen LogP contribution in [0.2, 0.25) is 0 Å². The van der Waals surface area contributed by atoms with Gasteiger partial charge in [0.25, 0.3) is 0 Å². The fourth-order valence-electron chi connectivity index (χ4n) is 1.71. The lowest BCUT2D eigenvalue weighted by Gasteiger charge is -2.05. The van der Waals surface area contributed by atoms with E-state index in [1.165, 1.54) is 0 Å². The Bertz CT molecular complexity index is 564. The van der Waals surface area contributed by atoms with E-state index in [2.05, 4.69) is 9.97 Å². The topological polar surface area (TPSA) is 63.1 Å². The standard InChI is InChI=1S/C12H12N2O2/c1-3-8-5-4-6-9-11(8)13-7(2)10(14-9)12(15)16/h4-6H,3H2,1-2H3,(H,15,16). The van der Waals surface area contributed by atoms with Gasteiger partial charge >= 0.3 is 5.97 Å². The predicted octanol–water partition coefficient (Wildman–Crippen LogP) is 2.20. The summed E-state index contributed by atoms with van der Waals surface area (Å²) in [5, 5.41) is 8.95. The van der Waals surface area contributed by atoms with Gasteiger partial charge in [-0.1, -0.05) is 19.1 Å². The molecule has 16 heavy (non-hydrogen) atoms. The molecule has 1 aromatic carbocycles. The van der Waals surface area contributed by atoms with E-state index in [4.69, 9.17) is 5.11 Å². The molecule has 2 aromatic rings. The van der Waals surface area contributed by atoms with Crippen LogP contribution in [-0.4, -0.2) is 21.0 Å². The van der Waals surface area contributed by atoms with E-state index >= 15 is 0 Å². The highest BCUT2D eigenvalue weighted by Crippen LogP contribution is 2.17. The quantitative estimate of drug-likeness (QED) is 0.835. The van der Waals surface area contributed by atoms with E-state index in [0.29, 0.717) is 11.2 Å². The molecule has 4 heteroatoms. The molecular formula is C12H12N2O2. The minimum atomic E-state index is -1.03. The number of carboxylic acid groups (broad SMARTS) is 1. The average molecular weight is 216 g/mol. The summed E-state index contributed by atoms with van der Waals surface area (Å²) in [6, 6.07) is 5.64. The van der Waals surface area contributed by atoms with Crippen molar-refractivity contribution in [2.75, 3.05) is 0 Å². The van der Waals surface area contributed by atoms with Crippen LogP contribution in [0.1, 0.15) is 28.7 Å². The zero-order valence-corrected chi connectivity index (χ0v) is 9.19. The van der Waals surface area contributed by atoms with Crippen molar-refractivity contribution in [3.63, 3.8) is 0 Å². The Labute approximate surface area is 93.0 Å². The first kappa shape index (κ1) is 10.5. The van der Waals surface area contributed by atoms with Crippen molar-refractivity contribution >= 4 is 17.0 Å². The van der Waals surface area contributed by atoms with Gasteiger partial charge in [0.15, 0.2) is 5.69 Å². The Balaban J connectivity index is 2.78. The van der Waals surface area contributed by atoms with Crippen molar-refractivity contribution in [1.82, 2.24) is 9.97 Å². The summed E-state index contributed by atoms with van der Waals surface area (Å²) in [7, 11) is 0. The van der Waals surface area contributed by atoms with Crippen molar-refractivity contribution in [3.8, 4) is 0 Å². The molecule has 0 aliphatic rings. The second-order valence-corrected chi connectivity index (χ2v) is 3.60. The van der Waals surface area contributed by atoms with E-state index in [-0.39, 0.29) is 5.69 Å². The molecule has 0 amide bonds. The number of nitrogens with zero attached hydrogens (tertiary/aromatic N) is 2. The zero-order chi connectivity index (χ0) is 11.7. The van der Waals surface area contributed by atoms with Gasteiger partial charge in [0, 0.05) is 0 Å². The number of rotatable bonds is 2. The third kappa shape index (κ3) is 1.62. The van der Waals surface area contributed by atoms with Crippen LogP contribution in [0, 0.1) is 6.92 Å². The van der Waals surface area contributed by atoms with Gasteiger partial charge in [-0.15, -0.1) is 0 Å². The molecular weight excluding hydrogens is 204 g/mol. The van der Waals surface area contributed by atoms with E-state index in [9.17, 15) is 4.79 Å². The van der Waals surface area contributed by atoms with Gasteiger partial charge in [-0.2, -0.15) is 0 Å². The minimum absolute atomic E-state index is 0.0285. The normalized spacial score (nSPS) is 10.6. The van der Waals surface area contributed by atoms with Gasteiger partial charge in [0.05, 0.1) is 16.7 Å². The van der Waals surface area contributed by atoms with Crippen LogP contribution in [-0.2, 0) is 6.42 Å². The largest absolute Gasteiger partial charge is 0.476 e. The van der Waals surface area contributed by atoms with E-state index in [0.717, 1.165) is 17.5 Å². The van der Waals surface area contributed by atoms with Crippen LogP contribution < -0.4 is 0 Å². The molecule has 0 aliphatic carbocycles. The lowest BCUT2D eigenvalue weighted by Crippen LogP contribution is -2.06. The van der Waals surface area contributed by atoms with Gasteiger partial charge in [-0.05, 0) is 25.0 Å². The zero-order valence-electron chi connectivity index (χ0n) is 9.19. The second kappa shape index (κ2) is 3.89. The third-order valence-corrected chi connectivity index (χ3v) is 2.54. The number of hydrogen-bond donors (Lipinski definition) is 1. The summed E-state index contributed by atoms with van der Waals surface area (Å²) >= 11 is 0. The van der Waals surface area contributed by atoms with Crippen LogP contribution >= 0.6 is 0 Å². The van der Waals surface area contributed by atoms with Crippen molar-refractivity contribution in [3.05, 3.63) is 35.2 Å². The Morgan fingerprint density at radius 3 is 2.75 bits per heavy atom. The first-order chi connectivity index (χ1) is 7.63. The molecule has 82 valence electrons. The lowest BCUT2D eigenvalue weighted by molar-refractivity contribution is 0.0689.